The van der Waals surface area contributed by atoms with E-state index >= 15 is 0 Å². The molecule has 2 aliphatic rings. The topological polar surface area (TPSA) is 0 Å². The molecule has 0 N–H and O–H groups in total. The Morgan fingerprint density at radius 3 is 1.24 bits per heavy atom. The minimum atomic E-state index is -0.708. The Bertz CT molecular complexity index is 1300. The monoisotopic (exact) mass is 478 g/mol. The second-order valence-electron chi connectivity index (χ2n) is 8.46. The van der Waals surface area contributed by atoms with Crippen LogP contribution >= 0.6 is 23.2 Å². The lowest BCUT2D eigenvalue weighted by Crippen LogP contribution is -2.30. The van der Waals surface area contributed by atoms with E-state index in [1.54, 1.807) is 0 Å². The van der Waals surface area contributed by atoms with Gasteiger partial charge in [-0.15, -0.1) is 23.2 Å². The smallest absolute Gasteiger partial charge is 0.104 e. The largest absolute Gasteiger partial charge is 0.116 e. The van der Waals surface area contributed by atoms with Gasteiger partial charge in [-0.3, -0.25) is 0 Å². The lowest BCUT2D eigenvalue weighted by atomic mass is 9.91. The van der Waals surface area contributed by atoms with Crippen molar-refractivity contribution in [3.05, 3.63) is 153 Å². The van der Waals surface area contributed by atoms with Gasteiger partial charge in [-0.2, -0.15) is 0 Å². The first-order chi connectivity index (χ1) is 16.1. The maximum atomic E-state index is 7.59. The van der Waals surface area contributed by atoms with Crippen molar-refractivity contribution in [3.8, 4) is 0 Å². The van der Waals surface area contributed by atoms with Gasteiger partial charge in [0, 0.05) is 0 Å². The molecule has 0 fully saturated rings. The van der Waals surface area contributed by atoms with Crippen molar-refractivity contribution in [3.63, 3.8) is 0 Å². The van der Waals surface area contributed by atoms with Gasteiger partial charge in [-0.25, -0.2) is 0 Å². The van der Waals surface area contributed by atoms with Gasteiger partial charge in [0.05, 0.1) is 0 Å². The van der Waals surface area contributed by atoms with E-state index < -0.39 is 9.75 Å². The third kappa shape index (κ3) is 3.11. The second kappa shape index (κ2) is 7.88. The van der Waals surface area contributed by atoms with Crippen molar-refractivity contribution in [2.45, 2.75) is 9.75 Å². The van der Waals surface area contributed by atoms with Crippen LogP contribution in [0, 0.1) is 0 Å². The second-order valence-corrected chi connectivity index (χ2v) is 10.9. The Morgan fingerprint density at radius 2 is 0.818 bits per heavy atom. The van der Waals surface area contributed by atoms with E-state index in [1.807, 2.05) is 12.1 Å². The van der Waals surface area contributed by atoms with E-state index in [0.29, 0.717) is 9.52 Å². The molecule has 158 valence electrons. The molecule has 0 nitrogen and oxygen atoms in total. The third-order valence-electron chi connectivity index (χ3n) is 6.62. The van der Waals surface area contributed by atoms with Crippen LogP contribution in [0.5, 0.6) is 0 Å². The zero-order chi connectivity index (χ0) is 22.5. The van der Waals surface area contributed by atoms with E-state index in [0.717, 1.165) is 22.3 Å². The molecule has 2 atom stereocenters. The van der Waals surface area contributed by atoms with Crippen LogP contribution in [0.4, 0.5) is 0 Å². The summed E-state index contributed by atoms with van der Waals surface area (Å²) < 4.78 is 0. The molecule has 4 aromatic rings. The fraction of sp³-hybridized carbons (Fsp3) is 0.0667. The minimum absolute atomic E-state index is 0.344. The first kappa shape index (κ1) is 20.7. The lowest BCUT2D eigenvalue weighted by Gasteiger charge is -2.32. The van der Waals surface area contributed by atoms with Crippen molar-refractivity contribution in [2.75, 3.05) is 0 Å². The number of hydrogen-bond donors (Lipinski definition) is 0. The normalized spacial score (nSPS) is 23.0. The summed E-state index contributed by atoms with van der Waals surface area (Å²) in [6.07, 6.45) is 4.53. The lowest BCUT2D eigenvalue weighted by molar-refractivity contribution is 0.904. The van der Waals surface area contributed by atoms with Crippen LogP contribution in [0.25, 0.3) is 12.2 Å². The van der Waals surface area contributed by atoms with Crippen molar-refractivity contribution < 1.29 is 0 Å². The number of alkyl halides is 2. The molecule has 33 heavy (non-hydrogen) atoms. The maximum Gasteiger partial charge on any atom is 0.116 e. The predicted octanol–water partition coefficient (Wildman–Crippen LogP) is 7.76. The Balaban J connectivity index is 1.50. The number of hydrogen-bond acceptors (Lipinski definition) is 0. The van der Waals surface area contributed by atoms with Gasteiger partial charge in [-0.05, 0) is 33.4 Å². The quantitative estimate of drug-likeness (QED) is 0.207. The molecule has 0 saturated heterocycles. The van der Waals surface area contributed by atoms with Gasteiger partial charge in [0.1, 0.15) is 19.3 Å². The van der Waals surface area contributed by atoms with E-state index in [4.69, 9.17) is 23.2 Å². The van der Waals surface area contributed by atoms with Gasteiger partial charge in [0.2, 0.25) is 0 Å². The average molecular weight is 479 g/mol. The molecule has 0 spiro atoms. The fourth-order valence-corrected chi connectivity index (χ4v) is 7.66. The summed E-state index contributed by atoms with van der Waals surface area (Å²) in [6.45, 7) is 0. The van der Waals surface area contributed by atoms with Crippen LogP contribution < -0.4 is 0 Å². The first-order valence-corrected chi connectivity index (χ1v) is 12.8. The van der Waals surface area contributed by atoms with Crippen molar-refractivity contribution >= 4 is 44.9 Å². The van der Waals surface area contributed by atoms with Crippen LogP contribution in [0.2, 0.25) is 0 Å². The molecule has 0 aromatic heterocycles. The Hall–Kier alpha value is -2.84. The van der Waals surface area contributed by atoms with E-state index in [1.165, 1.54) is 21.5 Å². The molecular formula is C30H20Cl2Si. The van der Waals surface area contributed by atoms with E-state index in [9.17, 15) is 0 Å². The summed E-state index contributed by atoms with van der Waals surface area (Å²) in [5.41, 5.74) is 6.80. The predicted molar refractivity (Wildman–Crippen MR) is 141 cm³/mol. The third-order valence-corrected chi connectivity index (χ3v) is 9.76. The van der Waals surface area contributed by atoms with Crippen LogP contribution in [0.3, 0.4) is 0 Å². The van der Waals surface area contributed by atoms with Crippen LogP contribution in [0.1, 0.15) is 33.4 Å². The number of benzene rings is 4. The number of allylic oxidation sites excluding steroid dienone is 2. The van der Waals surface area contributed by atoms with Gasteiger partial charge >= 0.3 is 0 Å². The zero-order valence-corrected chi connectivity index (χ0v) is 20.3. The molecule has 0 heterocycles. The summed E-state index contributed by atoms with van der Waals surface area (Å²) in [4.78, 5) is -1.42. The average Bonchev–Trinajstić information content (AvgIpc) is 3.33. The van der Waals surface area contributed by atoms with Gasteiger partial charge < -0.3 is 0 Å². The summed E-state index contributed by atoms with van der Waals surface area (Å²) >= 11 is 15.2. The van der Waals surface area contributed by atoms with E-state index in [2.05, 4.69) is 109 Å². The molecule has 0 amide bonds. The molecule has 6 rings (SSSR count). The van der Waals surface area contributed by atoms with Gasteiger partial charge in [0.15, 0.2) is 0 Å². The highest BCUT2D eigenvalue weighted by molar-refractivity contribution is 6.63. The van der Waals surface area contributed by atoms with Crippen LogP contribution in [-0.2, 0) is 9.75 Å². The summed E-state index contributed by atoms with van der Waals surface area (Å²) in [6, 6.07) is 37.7. The fourth-order valence-electron chi connectivity index (χ4n) is 5.02. The summed E-state index contributed by atoms with van der Waals surface area (Å²) in [5, 5.41) is 2.35. The molecule has 4 aromatic carbocycles. The summed E-state index contributed by atoms with van der Waals surface area (Å²) in [7, 11) is 0.344. The molecule has 2 radical (unpaired) electrons. The van der Waals surface area contributed by atoms with Gasteiger partial charge in [-0.1, -0.05) is 132 Å². The highest BCUT2D eigenvalue weighted by Gasteiger charge is 2.46. The molecule has 3 heteroatoms. The van der Waals surface area contributed by atoms with Crippen molar-refractivity contribution in [1.82, 2.24) is 0 Å². The highest BCUT2D eigenvalue weighted by atomic mass is 35.5. The standard InChI is InChI=1S/C30H20Cl2Si/c31-29(23-13-3-1-4-14-23)25-17-9-7-11-21(25)19-27(29)33-28-20-22-12-8-10-18-26(22)30(28,32)24-15-5-2-6-16-24/h1-20H. The van der Waals surface area contributed by atoms with Crippen molar-refractivity contribution in [1.29, 1.82) is 0 Å². The summed E-state index contributed by atoms with van der Waals surface area (Å²) in [5.74, 6) is 0. The van der Waals surface area contributed by atoms with Crippen molar-refractivity contribution in [2.24, 2.45) is 0 Å². The number of halogens is 2. The molecule has 0 saturated carbocycles. The van der Waals surface area contributed by atoms with E-state index in [-0.39, 0.29) is 0 Å². The first-order valence-electron chi connectivity index (χ1n) is 11.0. The Kier molecular flexibility index (Phi) is 4.95. The molecule has 2 unspecified atom stereocenters. The highest BCUT2D eigenvalue weighted by Crippen LogP contribution is 2.54. The molecular weight excluding hydrogens is 459 g/mol. The minimum Gasteiger partial charge on any atom is -0.104 e. The Labute approximate surface area is 207 Å². The molecule has 0 bridgehead atoms. The van der Waals surface area contributed by atoms with Crippen LogP contribution in [-0.4, -0.2) is 9.52 Å². The number of fused-ring (bicyclic) bond motifs is 2. The number of rotatable bonds is 4. The SMILES string of the molecule is ClC1(c2ccccc2)C([Si]C2=Cc3ccccc3C2(Cl)c2ccccc2)=Cc2ccccc21. The Morgan fingerprint density at radius 1 is 0.455 bits per heavy atom. The van der Waals surface area contributed by atoms with Gasteiger partial charge in [0.25, 0.3) is 0 Å². The molecule has 0 aliphatic heterocycles. The zero-order valence-electron chi connectivity index (χ0n) is 17.8. The molecule has 2 aliphatic carbocycles. The van der Waals surface area contributed by atoms with Crippen LogP contribution in [0.15, 0.2) is 120 Å². The maximum absolute atomic E-state index is 7.59.